The van der Waals surface area contributed by atoms with Gasteiger partial charge in [0.25, 0.3) is 0 Å². The van der Waals surface area contributed by atoms with Gasteiger partial charge in [0.1, 0.15) is 5.76 Å². The first kappa shape index (κ1) is 12.1. The number of hydrogen-bond acceptors (Lipinski definition) is 2. The molecule has 0 radical (unpaired) electrons. The van der Waals surface area contributed by atoms with Crippen LogP contribution >= 0.6 is 0 Å². The summed E-state index contributed by atoms with van der Waals surface area (Å²) in [5.41, 5.74) is 2.48. The molecule has 0 fully saturated rings. The summed E-state index contributed by atoms with van der Waals surface area (Å²) in [5, 5.41) is 3.47. The fraction of sp³-hybridized carbons (Fsp3) is 0.538. The molecule has 0 aliphatic heterocycles. The number of furan rings is 1. The first-order valence-electron chi connectivity index (χ1n) is 5.56. The molecule has 0 amide bonds. The van der Waals surface area contributed by atoms with E-state index in [1.54, 1.807) is 0 Å². The average molecular weight is 207 g/mol. The molecular formula is C13H21NO. The zero-order valence-electron chi connectivity index (χ0n) is 9.97. The predicted octanol–water partition coefficient (Wildman–Crippen LogP) is 3.59. The number of nitrogens with one attached hydrogen (secondary N) is 1. The topological polar surface area (TPSA) is 25.2 Å². The number of hydrogen-bond donors (Lipinski definition) is 1. The fourth-order valence-electron chi connectivity index (χ4n) is 1.67. The number of rotatable bonds is 6. The minimum atomic E-state index is 0.393. The molecule has 0 saturated heterocycles. The van der Waals surface area contributed by atoms with Gasteiger partial charge in [-0.05, 0) is 39.3 Å². The van der Waals surface area contributed by atoms with Crippen LogP contribution in [-0.2, 0) is 0 Å². The van der Waals surface area contributed by atoms with Gasteiger partial charge in [-0.25, -0.2) is 0 Å². The van der Waals surface area contributed by atoms with E-state index in [9.17, 15) is 0 Å². The van der Waals surface area contributed by atoms with Crippen molar-refractivity contribution in [2.75, 3.05) is 6.54 Å². The van der Waals surface area contributed by atoms with Crippen molar-refractivity contribution in [2.24, 2.45) is 0 Å². The highest BCUT2D eigenvalue weighted by molar-refractivity contribution is 5.16. The van der Waals surface area contributed by atoms with Gasteiger partial charge in [-0.3, -0.25) is 0 Å². The summed E-state index contributed by atoms with van der Waals surface area (Å²) in [6.45, 7) is 11.1. The second-order valence-electron chi connectivity index (χ2n) is 4.10. The van der Waals surface area contributed by atoms with Gasteiger partial charge in [0.05, 0.1) is 6.26 Å². The summed E-state index contributed by atoms with van der Waals surface area (Å²) in [6.07, 6.45) is 3.99. The largest absolute Gasteiger partial charge is 0.469 e. The highest BCUT2D eigenvalue weighted by Crippen LogP contribution is 2.22. The molecule has 1 atom stereocenters. The van der Waals surface area contributed by atoms with E-state index in [0.29, 0.717) is 6.04 Å². The third kappa shape index (κ3) is 3.92. The standard InChI is InChI=1S/C13H21NO/c1-5-14-13(7-6-10(2)3)12-8-11(4)15-9-12/h8-9,13-14H,2,5-7H2,1,3-4H3. The van der Waals surface area contributed by atoms with Crippen LogP contribution in [-0.4, -0.2) is 6.54 Å². The van der Waals surface area contributed by atoms with E-state index in [4.69, 9.17) is 4.42 Å². The van der Waals surface area contributed by atoms with Crippen LogP contribution in [0.2, 0.25) is 0 Å². The first-order chi connectivity index (χ1) is 7.13. The van der Waals surface area contributed by atoms with Gasteiger partial charge in [-0.2, -0.15) is 0 Å². The highest BCUT2D eigenvalue weighted by Gasteiger charge is 2.11. The summed E-state index contributed by atoms with van der Waals surface area (Å²) in [7, 11) is 0. The van der Waals surface area contributed by atoms with Crippen LogP contribution in [0, 0.1) is 6.92 Å². The summed E-state index contributed by atoms with van der Waals surface area (Å²) in [4.78, 5) is 0. The predicted molar refractivity (Wildman–Crippen MR) is 63.9 cm³/mol. The normalized spacial score (nSPS) is 12.7. The molecule has 0 bridgehead atoms. The van der Waals surface area contributed by atoms with Gasteiger partial charge in [0, 0.05) is 11.6 Å². The van der Waals surface area contributed by atoms with Crippen LogP contribution < -0.4 is 5.32 Å². The van der Waals surface area contributed by atoms with Crippen molar-refractivity contribution in [3.63, 3.8) is 0 Å². The Labute approximate surface area is 92.4 Å². The summed E-state index contributed by atoms with van der Waals surface area (Å²) >= 11 is 0. The Morgan fingerprint density at radius 2 is 2.33 bits per heavy atom. The van der Waals surface area contributed by atoms with Gasteiger partial charge in [0.2, 0.25) is 0 Å². The molecule has 1 aromatic rings. The first-order valence-corrected chi connectivity index (χ1v) is 5.56. The van der Waals surface area contributed by atoms with E-state index < -0.39 is 0 Å². The van der Waals surface area contributed by atoms with Crippen LogP contribution in [0.3, 0.4) is 0 Å². The van der Waals surface area contributed by atoms with Gasteiger partial charge >= 0.3 is 0 Å². The van der Waals surface area contributed by atoms with Crippen molar-refractivity contribution < 1.29 is 4.42 Å². The molecule has 0 aromatic carbocycles. The molecule has 2 heteroatoms. The van der Waals surface area contributed by atoms with E-state index in [1.165, 1.54) is 11.1 Å². The Morgan fingerprint density at radius 1 is 1.60 bits per heavy atom. The fourth-order valence-corrected chi connectivity index (χ4v) is 1.67. The van der Waals surface area contributed by atoms with Crippen molar-refractivity contribution in [2.45, 2.75) is 39.7 Å². The van der Waals surface area contributed by atoms with Crippen LogP contribution in [0.1, 0.15) is 44.1 Å². The molecule has 1 rings (SSSR count). The molecular weight excluding hydrogens is 186 g/mol. The molecule has 1 N–H and O–H groups in total. The molecule has 0 aliphatic carbocycles. The Balaban J connectivity index is 2.60. The van der Waals surface area contributed by atoms with Gasteiger partial charge in [-0.1, -0.05) is 12.5 Å². The molecule has 0 saturated carbocycles. The molecule has 1 aromatic heterocycles. The SMILES string of the molecule is C=C(C)CCC(NCC)c1coc(C)c1. The van der Waals surface area contributed by atoms with Crippen LogP contribution in [0.4, 0.5) is 0 Å². The number of aryl methyl sites for hydroxylation is 1. The lowest BCUT2D eigenvalue weighted by Gasteiger charge is -2.15. The van der Waals surface area contributed by atoms with Crippen LogP contribution in [0.5, 0.6) is 0 Å². The van der Waals surface area contributed by atoms with Crippen LogP contribution in [0.15, 0.2) is 28.9 Å². The summed E-state index contributed by atoms with van der Waals surface area (Å²) in [6, 6.07) is 2.50. The zero-order chi connectivity index (χ0) is 11.3. The van der Waals surface area contributed by atoms with Crippen LogP contribution in [0.25, 0.3) is 0 Å². The molecule has 1 unspecified atom stereocenters. The van der Waals surface area contributed by atoms with Crippen molar-refractivity contribution in [1.29, 1.82) is 0 Å². The third-order valence-electron chi connectivity index (χ3n) is 2.46. The van der Waals surface area contributed by atoms with Crippen molar-refractivity contribution in [3.8, 4) is 0 Å². The monoisotopic (exact) mass is 207 g/mol. The lowest BCUT2D eigenvalue weighted by molar-refractivity contribution is 0.494. The maximum atomic E-state index is 5.34. The van der Waals surface area contributed by atoms with Gasteiger partial charge in [0.15, 0.2) is 0 Å². The minimum Gasteiger partial charge on any atom is -0.469 e. The van der Waals surface area contributed by atoms with E-state index >= 15 is 0 Å². The van der Waals surface area contributed by atoms with Gasteiger partial charge in [-0.15, -0.1) is 6.58 Å². The third-order valence-corrected chi connectivity index (χ3v) is 2.46. The quantitative estimate of drug-likeness (QED) is 0.721. The van der Waals surface area contributed by atoms with E-state index in [-0.39, 0.29) is 0 Å². The van der Waals surface area contributed by atoms with Crippen molar-refractivity contribution >= 4 is 0 Å². The maximum Gasteiger partial charge on any atom is 0.101 e. The second-order valence-corrected chi connectivity index (χ2v) is 4.10. The molecule has 0 spiro atoms. The maximum absolute atomic E-state index is 5.34. The van der Waals surface area contributed by atoms with Gasteiger partial charge < -0.3 is 9.73 Å². The highest BCUT2D eigenvalue weighted by atomic mass is 16.3. The van der Waals surface area contributed by atoms with Crippen molar-refractivity contribution in [1.82, 2.24) is 5.32 Å². The Hall–Kier alpha value is -1.02. The summed E-state index contributed by atoms with van der Waals surface area (Å²) < 4.78 is 5.34. The molecule has 84 valence electrons. The molecule has 0 aliphatic rings. The summed E-state index contributed by atoms with van der Waals surface area (Å²) in [5.74, 6) is 0.975. The lowest BCUT2D eigenvalue weighted by Crippen LogP contribution is -2.20. The van der Waals surface area contributed by atoms with E-state index in [0.717, 1.165) is 25.1 Å². The molecule has 15 heavy (non-hydrogen) atoms. The van der Waals surface area contributed by atoms with E-state index in [1.807, 2.05) is 13.2 Å². The minimum absolute atomic E-state index is 0.393. The second kappa shape index (κ2) is 5.76. The average Bonchev–Trinajstić information content (AvgIpc) is 2.59. The number of allylic oxidation sites excluding steroid dienone is 1. The van der Waals surface area contributed by atoms with E-state index in [2.05, 4.69) is 31.8 Å². The smallest absolute Gasteiger partial charge is 0.101 e. The Kier molecular flexibility index (Phi) is 4.63. The molecule has 1 heterocycles. The Morgan fingerprint density at radius 3 is 2.80 bits per heavy atom. The Bertz CT molecular complexity index is 314. The zero-order valence-corrected chi connectivity index (χ0v) is 9.97. The lowest BCUT2D eigenvalue weighted by atomic mass is 10.0. The van der Waals surface area contributed by atoms with Crippen molar-refractivity contribution in [3.05, 3.63) is 35.8 Å². The molecule has 2 nitrogen and oxygen atoms in total.